The van der Waals surface area contributed by atoms with Gasteiger partial charge in [-0.15, -0.1) is 0 Å². The van der Waals surface area contributed by atoms with E-state index < -0.39 is 7.14 Å². The summed E-state index contributed by atoms with van der Waals surface area (Å²) >= 11 is 0. The molecule has 0 unspecified atom stereocenters. The van der Waals surface area contributed by atoms with Gasteiger partial charge in [-0.2, -0.15) is 0 Å². The fourth-order valence-electron chi connectivity index (χ4n) is 2.38. The fourth-order valence-corrected chi connectivity index (χ4v) is 4.60. The normalized spacial score (nSPS) is 11.1. The third kappa shape index (κ3) is 3.30. The third-order valence-electron chi connectivity index (χ3n) is 3.61. The Bertz CT molecular complexity index is 773. The maximum absolute atomic E-state index is 13.7. The van der Waals surface area contributed by atoms with Crippen LogP contribution >= 0.6 is 7.14 Å². The quantitative estimate of drug-likeness (QED) is 0.727. The van der Waals surface area contributed by atoms with Gasteiger partial charge in [-0.25, -0.2) is 0 Å². The minimum absolute atomic E-state index is 0.00139. The standard InChI is InChI=1S/C19H17O3P/c20-18-13-7-8-14-19(18)22-15-23(21,16-9-3-1-4-10-16)17-11-5-2-6-12-17/h1-14,20H,15H2. The van der Waals surface area contributed by atoms with Crippen LogP contribution in [0.1, 0.15) is 0 Å². The van der Waals surface area contributed by atoms with Gasteiger partial charge in [0.05, 0.1) is 0 Å². The van der Waals surface area contributed by atoms with Crippen molar-refractivity contribution in [3.63, 3.8) is 0 Å². The minimum atomic E-state index is -2.94. The number of rotatable bonds is 5. The topological polar surface area (TPSA) is 46.5 Å². The zero-order valence-electron chi connectivity index (χ0n) is 12.5. The number of phenols is 1. The molecule has 3 aromatic rings. The molecular weight excluding hydrogens is 307 g/mol. The van der Waals surface area contributed by atoms with Crippen LogP contribution in [0.4, 0.5) is 0 Å². The van der Waals surface area contributed by atoms with Gasteiger partial charge in [0.1, 0.15) is 6.35 Å². The molecule has 0 radical (unpaired) electrons. The molecule has 0 spiro atoms. The van der Waals surface area contributed by atoms with Crippen molar-refractivity contribution in [3.05, 3.63) is 84.9 Å². The van der Waals surface area contributed by atoms with E-state index in [0.717, 1.165) is 10.6 Å². The third-order valence-corrected chi connectivity index (χ3v) is 6.37. The average Bonchev–Trinajstić information content (AvgIpc) is 2.62. The van der Waals surface area contributed by atoms with E-state index in [1.54, 1.807) is 24.3 Å². The molecule has 0 saturated carbocycles. The summed E-state index contributed by atoms with van der Waals surface area (Å²) in [7, 11) is -2.94. The van der Waals surface area contributed by atoms with Crippen molar-refractivity contribution < 1.29 is 14.4 Å². The monoisotopic (exact) mass is 324 g/mol. The highest BCUT2D eigenvalue weighted by molar-refractivity contribution is 7.78. The second-order valence-electron chi connectivity index (χ2n) is 5.15. The predicted molar refractivity (Wildman–Crippen MR) is 93.4 cm³/mol. The van der Waals surface area contributed by atoms with Crippen molar-refractivity contribution in [2.45, 2.75) is 0 Å². The summed E-state index contributed by atoms with van der Waals surface area (Å²) in [5.74, 6) is 0.375. The van der Waals surface area contributed by atoms with Crippen LogP contribution in [0.25, 0.3) is 0 Å². The molecule has 0 aliphatic rings. The van der Waals surface area contributed by atoms with Crippen molar-refractivity contribution in [2.24, 2.45) is 0 Å². The first kappa shape index (κ1) is 15.4. The lowest BCUT2D eigenvalue weighted by Crippen LogP contribution is -2.20. The molecule has 0 fully saturated rings. The summed E-state index contributed by atoms with van der Waals surface area (Å²) in [6.45, 7) is 0. The SMILES string of the molecule is O=P(COc1ccccc1O)(c1ccccc1)c1ccccc1. The maximum Gasteiger partial charge on any atom is 0.178 e. The van der Waals surface area contributed by atoms with Crippen molar-refractivity contribution in [2.75, 3.05) is 6.35 Å². The number of aromatic hydroxyl groups is 1. The van der Waals surface area contributed by atoms with E-state index in [9.17, 15) is 9.67 Å². The zero-order valence-corrected chi connectivity index (χ0v) is 13.4. The minimum Gasteiger partial charge on any atom is -0.504 e. The number of hydrogen-bond donors (Lipinski definition) is 1. The lowest BCUT2D eigenvalue weighted by atomic mass is 10.3. The Hall–Kier alpha value is -2.51. The molecule has 0 atom stereocenters. The van der Waals surface area contributed by atoms with Gasteiger partial charge in [0, 0.05) is 10.6 Å². The highest BCUT2D eigenvalue weighted by atomic mass is 31.2. The molecule has 0 aliphatic heterocycles. The zero-order chi connectivity index (χ0) is 16.1. The van der Waals surface area contributed by atoms with Gasteiger partial charge in [0.15, 0.2) is 18.6 Å². The van der Waals surface area contributed by atoms with Gasteiger partial charge in [-0.1, -0.05) is 72.8 Å². The first-order valence-electron chi connectivity index (χ1n) is 7.31. The van der Waals surface area contributed by atoms with E-state index >= 15 is 0 Å². The summed E-state index contributed by atoms with van der Waals surface area (Å²) in [6.07, 6.45) is -0.00139. The Morgan fingerprint density at radius 2 is 1.22 bits per heavy atom. The van der Waals surface area contributed by atoms with Crippen LogP contribution in [0.2, 0.25) is 0 Å². The predicted octanol–water partition coefficient (Wildman–Crippen LogP) is 3.74. The van der Waals surface area contributed by atoms with Crippen molar-refractivity contribution in [3.8, 4) is 11.5 Å². The Balaban J connectivity index is 1.97. The summed E-state index contributed by atoms with van der Waals surface area (Å²) in [5, 5.41) is 11.3. The van der Waals surface area contributed by atoms with Crippen LogP contribution < -0.4 is 15.3 Å². The Labute approximate surface area is 135 Å². The number of benzene rings is 3. The van der Waals surface area contributed by atoms with E-state index in [-0.39, 0.29) is 12.1 Å². The molecule has 1 N–H and O–H groups in total. The van der Waals surface area contributed by atoms with E-state index in [0.29, 0.717) is 5.75 Å². The lowest BCUT2D eigenvalue weighted by Gasteiger charge is -2.20. The number of hydrogen-bond acceptors (Lipinski definition) is 3. The summed E-state index contributed by atoms with van der Waals surface area (Å²) in [6, 6.07) is 25.3. The van der Waals surface area contributed by atoms with Crippen LogP contribution in [-0.4, -0.2) is 11.5 Å². The van der Waals surface area contributed by atoms with Gasteiger partial charge in [-0.05, 0) is 12.1 Å². The molecule has 3 nitrogen and oxygen atoms in total. The second kappa shape index (κ2) is 6.72. The number of para-hydroxylation sites is 2. The lowest BCUT2D eigenvalue weighted by molar-refractivity contribution is 0.350. The van der Waals surface area contributed by atoms with Crippen LogP contribution in [0.5, 0.6) is 11.5 Å². The maximum atomic E-state index is 13.7. The molecule has 0 aromatic heterocycles. The van der Waals surface area contributed by atoms with Crippen LogP contribution in [0.15, 0.2) is 84.9 Å². The van der Waals surface area contributed by atoms with Crippen LogP contribution in [0, 0.1) is 0 Å². The van der Waals surface area contributed by atoms with Gasteiger partial charge in [0.25, 0.3) is 0 Å². The molecule has 116 valence electrons. The highest BCUT2D eigenvalue weighted by Crippen LogP contribution is 2.44. The summed E-state index contributed by atoms with van der Waals surface area (Å²) in [5.41, 5.74) is 0. The van der Waals surface area contributed by atoms with E-state index in [4.69, 9.17) is 4.74 Å². The first-order valence-corrected chi connectivity index (χ1v) is 9.20. The van der Waals surface area contributed by atoms with E-state index in [1.807, 2.05) is 60.7 Å². The molecule has 0 bridgehead atoms. The van der Waals surface area contributed by atoms with E-state index in [1.165, 1.54) is 0 Å². The molecule has 0 saturated heterocycles. The van der Waals surface area contributed by atoms with Gasteiger partial charge in [0.2, 0.25) is 0 Å². The molecule has 0 amide bonds. The molecule has 23 heavy (non-hydrogen) atoms. The van der Waals surface area contributed by atoms with Crippen molar-refractivity contribution in [1.82, 2.24) is 0 Å². The van der Waals surface area contributed by atoms with Crippen molar-refractivity contribution >= 4 is 17.8 Å². The van der Waals surface area contributed by atoms with Crippen molar-refractivity contribution in [1.29, 1.82) is 0 Å². The average molecular weight is 324 g/mol. The van der Waals surface area contributed by atoms with Crippen LogP contribution in [-0.2, 0) is 4.57 Å². The Morgan fingerprint density at radius 3 is 1.74 bits per heavy atom. The Kier molecular flexibility index (Phi) is 4.50. The van der Waals surface area contributed by atoms with Gasteiger partial charge < -0.3 is 14.4 Å². The Morgan fingerprint density at radius 1 is 0.739 bits per heavy atom. The first-order chi connectivity index (χ1) is 11.2. The number of ether oxygens (including phenoxy) is 1. The largest absolute Gasteiger partial charge is 0.504 e. The van der Waals surface area contributed by atoms with Gasteiger partial charge >= 0.3 is 0 Å². The molecule has 0 heterocycles. The fraction of sp³-hybridized carbons (Fsp3) is 0.0526. The highest BCUT2D eigenvalue weighted by Gasteiger charge is 2.28. The molecule has 3 aromatic carbocycles. The van der Waals surface area contributed by atoms with Crippen LogP contribution in [0.3, 0.4) is 0 Å². The van der Waals surface area contributed by atoms with E-state index in [2.05, 4.69) is 0 Å². The van der Waals surface area contributed by atoms with Gasteiger partial charge in [-0.3, -0.25) is 0 Å². The smallest absolute Gasteiger partial charge is 0.178 e. The second-order valence-corrected chi connectivity index (χ2v) is 7.92. The molecule has 3 rings (SSSR count). The molecule has 4 heteroatoms. The molecular formula is C19H17O3P. The summed E-state index contributed by atoms with van der Waals surface area (Å²) in [4.78, 5) is 0. The molecule has 0 aliphatic carbocycles. The summed E-state index contributed by atoms with van der Waals surface area (Å²) < 4.78 is 19.4. The number of phenolic OH excluding ortho intramolecular Hbond substituents is 1.